The number of aromatic nitrogens is 2. The van der Waals surface area contributed by atoms with Gasteiger partial charge in [-0.25, -0.2) is 0 Å². The molecule has 0 atom stereocenters. The van der Waals surface area contributed by atoms with Crippen molar-refractivity contribution in [3.8, 4) is 0 Å². The van der Waals surface area contributed by atoms with Crippen LogP contribution in [0, 0.1) is 0 Å². The fourth-order valence-electron chi connectivity index (χ4n) is 2.83. The molecule has 0 saturated heterocycles. The van der Waals surface area contributed by atoms with Crippen LogP contribution in [0.2, 0.25) is 10.2 Å². The lowest BCUT2D eigenvalue weighted by Gasteiger charge is -2.29. The van der Waals surface area contributed by atoms with Crippen molar-refractivity contribution in [1.82, 2.24) is 15.1 Å². The zero-order valence-corrected chi connectivity index (χ0v) is 14.4. The summed E-state index contributed by atoms with van der Waals surface area (Å²) < 4.78 is 0. The maximum atomic E-state index is 11.4. The number of carbonyl (C=O) groups excluding carboxylic acids is 1. The zero-order chi connectivity index (χ0) is 17.1. The van der Waals surface area contributed by atoms with Gasteiger partial charge in [-0.05, 0) is 29.7 Å². The number of benzene rings is 1. The molecule has 8 heteroatoms. The molecule has 0 fully saturated rings. The molecule has 1 amide bonds. The number of nitrogens with one attached hydrogen (secondary N) is 1. The van der Waals surface area contributed by atoms with E-state index in [9.17, 15) is 4.79 Å². The van der Waals surface area contributed by atoms with Crippen molar-refractivity contribution in [2.75, 3.05) is 25.0 Å². The van der Waals surface area contributed by atoms with Gasteiger partial charge >= 0.3 is 0 Å². The number of carbonyl (C=O) groups is 1. The highest BCUT2D eigenvalue weighted by atomic mass is 35.5. The third-order valence-electron chi connectivity index (χ3n) is 4.04. The average Bonchev–Trinajstić information content (AvgIpc) is 2.56. The SMILES string of the molecule is NC(=O)c1cc(Cl)nnc1NCCN1CCc2c(Cl)cccc2C1. The van der Waals surface area contributed by atoms with E-state index < -0.39 is 5.91 Å². The van der Waals surface area contributed by atoms with Crippen LogP contribution in [0.5, 0.6) is 0 Å². The second-order valence-electron chi connectivity index (χ2n) is 5.62. The third kappa shape index (κ3) is 3.77. The van der Waals surface area contributed by atoms with Crippen LogP contribution in [0.4, 0.5) is 5.82 Å². The van der Waals surface area contributed by atoms with Crippen molar-refractivity contribution in [2.24, 2.45) is 5.73 Å². The van der Waals surface area contributed by atoms with Crippen LogP contribution in [-0.4, -0.2) is 40.6 Å². The second kappa shape index (κ2) is 7.34. The largest absolute Gasteiger partial charge is 0.367 e. The van der Waals surface area contributed by atoms with E-state index in [1.807, 2.05) is 12.1 Å². The minimum atomic E-state index is -0.587. The summed E-state index contributed by atoms with van der Waals surface area (Å²) in [6, 6.07) is 7.43. The molecule has 6 nitrogen and oxygen atoms in total. The highest BCUT2D eigenvalue weighted by molar-refractivity contribution is 6.31. The van der Waals surface area contributed by atoms with Gasteiger partial charge in [-0.3, -0.25) is 9.69 Å². The molecule has 3 rings (SSSR count). The van der Waals surface area contributed by atoms with Crippen molar-refractivity contribution in [2.45, 2.75) is 13.0 Å². The summed E-state index contributed by atoms with van der Waals surface area (Å²) in [7, 11) is 0. The minimum absolute atomic E-state index is 0.138. The van der Waals surface area contributed by atoms with Crippen molar-refractivity contribution in [3.63, 3.8) is 0 Å². The van der Waals surface area contributed by atoms with E-state index in [-0.39, 0.29) is 10.7 Å². The van der Waals surface area contributed by atoms with Crippen molar-refractivity contribution in [3.05, 3.63) is 51.1 Å². The molecular weight excluding hydrogens is 349 g/mol. The predicted molar refractivity (Wildman–Crippen MR) is 94.5 cm³/mol. The first-order chi connectivity index (χ1) is 11.5. The minimum Gasteiger partial charge on any atom is -0.367 e. The number of nitrogens with zero attached hydrogens (tertiary/aromatic N) is 3. The molecule has 1 aliphatic heterocycles. The molecule has 24 heavy (non-hydrogen) atoms. The lowest BCUT2D eigenvalue weighted by molar-refractivity contribution is 0.100. The Morgan fingerprint density at radius 3 is 2.96 bits per heavy atom. The molecule has 0 aliphatic carbocycles. The number of amides is 1. The van der Waals surface area contributed by atoms with Crippen molar-refractivity contribution < 1.29 is 4.79 Å². The van der Waals surface area contributed by atoms with E-state index in [2.05, 4.69) is 26.5 Å². The zero-order valence-electron chi connectivity index (χ0n) is 12.9. The normalized spacial score (nSPS) is 14.2. The van der Waals surface area contributed by atoms with Crippen LogP contribution in [-0.2, 0) is 13.0 Å². The topological polar surface area (TPSA) is 84.1 Å². The fraction of sp³-hybridized carbons (Fsp3) is 0.312. The molecule has 0 radical (unpaired) electrons. The summed E-state index contributed by atoms with van der Waals surface area (Å²) in [5.41, 5.74) is 8.08. The molecule has 0 spiro atoms. The quantitative estimate of drug-likeness (QED) is 0.849. The van der Waals surface area contributed by atoms with Gasteiger partial charge in [0.25, 0.3) is 5.91 Å². The second-order valence-corrected chi connectivity index (χ2v) is 6.42. The standard InChI is InChI=1S/C16H17Cl2N5O/c17-13-3-1-2-10-9-23(6-4-11(10)13)7-5-20-16-12(15(19)24)8-14(18)21-22-16/h1-3,8H,4-7,9H2,(H2,19,24)(H,20,22). The lowest BCUT2D eigenvalue weighted by Crippen LogP contribution is -2.34. The van der Waals surface area contributed by atoms with Crippen LogP contribution in [0.15, 0.2) is 24.3 Å². The summed E-state index contributed by atoms with van der Waals surface area (Å²) in [5.74, 6) is -0.233. The number of hydrogen-bond acceptors (Lipinski definition) is 5. The molecule has 2 aromatic rings. The van der Waals surface area contributed by atoms with E-state index >= 15 is 0 Å². The fourth-order valence-corrected chi connectivity index (χ4v) is 3.27. The van der Waals surface area contributed by atoms with E-state index in [4.69, 9.17) is 28.9 Å². The van der Waals surface area contributed by atoms with Crippen LogP contribution >= 0.6 is 23.2 Å². The van der Waals surface area contributed by atoms with Gasteiger partial charge in [0.2, 0.25) is 0 Å². The molecule has 1 aromatic carbocycles. The first-order valence-corrected chi connectivity index (χ1v) is 8.35. The number of rotatable bonds is 5. The molecule has 1 aliphatic rings. The average molecular weight is 366 g/mol. The maximum absolute atomic E-state index is 11.4. The number of hydrogen-bond donors (Lipinski definition) is 2. The van der Waals surface area contributed by atoms with Gasteiger partial charge in [0, 0.05) is 31.2 Å². The molecule has 0 bridgehead atoms. The Balaban J connectivity index is 1.59. The summed E-state index contributed by atoms with van der Waals surface area (Å²) in [4.78, 5) is 13.8. The highest BCUT2D eigenvalue weighted by Crippen LogP contribution is 2.25. The molecular formula is C16H17Cl2N5O. The molecule has 3 N–H and O–H groups in total. The predicted octanol–water partition coefficient (Wildman–Crippen LogP) is 2.35. The van der Waals surface area contributed by atoms with Gasteiger partial charge in [0.1, 0.15) is 0 Å². The summed E-state index contributed by atoms with van der Waals surface area (Å²) in [6.45, 7) is 3.21. The number of primary amides is 1. The Labute approximate surface area is 149 Å². The van der Waals surface area contributed by atoms with Crippen LogP contribution in [0.3, 0.4) is 0 Å². The Hall–Kier alpha value is -1.89. The smallest absolute Gasteiger partial charge is 0.252 e. The molecule has 126 valence electrons. The van der Waals surface area contributed by atoms with Gasteiger partial charge in [0.15, 0.2) is 11.0 Å². The van der Waals surface area contributed by atoms with E-state index in [0.29, 0.717) is 12.4 Å². The molecule has 1 aromatic heterocycles. The first-order valence-electron chi connectivity index (χ1n) is 7.60. The Morgan fingerprint density at radius 2 is 2.17 bits per heavy atom. The first kappa shape index (κ1) is 17.0. The van der Waals surface area contributed by atoms with Crippen LogP contribution in [0.25, 0.3) is 0 Å². The van der Waals surface area contributed by atoms with Crippen LogP contribution in [0.1, 0.15) is 21.5 Å². The van der Waals surface area contributed by atoms with Gasteiger partial charge < -0.3 is 11.1 Å². The molecule has 0 unspecified atom stereocenters. The summed E-state index contributed by atoms with van der Waals surface area (Å²) >= 11 is 12.0. The maximum Gasteiger partial charge on any atom is 0.252 e. The number of nitrogens with two attached hydrogens (primary N) is 1. The highest BCUT2D eigenvalue weighted by Gasteiger charge is 2.18. The van der Waals surface area contributed by atoms with E-state index in [1.54, 1.807) is 0 Å². The Morgan fingerprint density at radius 1 is 1.33 bits per heavy atom. The monoisotopic (exact) mass is 365 g/mol. The Bertz CT molecular complexity index is 768. The van der Waals surface area contributed by atoms with Gasteiger partial charge in [-0.1, -0.05) is 35.3 Å². The van der Waals surface area contributed by atoms with E-state index in [0.717, 1.165) is 31.1 Å². The van der Waals surface area contributed by atoms with Crippen LogP contribution < -0.4 is 11.1 Å². The lowest BCUT2D eigenvalue weighted by atomic mass is 10.00. The molecule has 2 heterocycles. The van der Waals surface area contributed by atoms with Gasteiger partial charge in [-0.15, -0.1) is 10.2 Å². The third-order valence-corrected chi connectivity index (χ3v) is 4.58. The van der Waals surface area contributed by atoms with Crippen molar-refractivity contribution >= 4 is 34.9 Å². The van der Waals surface area contributed by atoms with E-state index in [1.165, 1.54) is 17.2 Å². The number of halogens is 2. The summed E-state index contributed by atoms with van der Waals surface area (Å²) in [5, 5.41) is 11.7. The van der Waals surface area contributed by atoms with Gasteiger partial charge in [-0.2, -0.15) is 0 Å². The molecule has 0 saturated carbocycles. The van der Waals surface area contributed by atoms with Crippen molar-refractivity contribution in [1.29, 1.82) is 0 Å². The number of fused-ring (bicyclic) bond motifs is 1. The summed E-state index contributed by atoms with van der Waals surface area (Å²) in [6.07, 6.45) is 0.933. The Kier molecular flexibility index (Phi) is 5.18. The van der Waals surface area contributed by atoms with Gasteiger partial charge in [0.05, 0.1) is 5.56 Å². The number of anilines is 1.